The van der Waals surface area contributed by atoms with Gasteiger partial charge in [0.25, 0.3) is 5.91 Å². The van der Waals surface area contributed by atoms with Crippen LogP contribution in [0, 0.1) is 0 Å². The predicted molar refractivity (Wildman–Crippen MR) is 91.4 cm³/mol. The number of hydrogen-bond donors (Lipinski definition) is 2. The molecule has 2 N–H and O–H groups in total. The highest BCUT2D eigenvalue weighted by Gasteiger charge is 2.15. The summed E-state index contributed by atoms with van der Waals surface area (Å²) in [7, 11) is 0. The minimum Gasteiger partial charge on any atom is -0.395 e. The molecule has 128 valence electrons. The van der Waals surface area contributed by atoms with Gasteiger partial charge in [-0.15, -0.1) is 0 Å². The Hall–Kier alpha value is -1.88. The first-order valence-corrected chi connectivity index (χ1v) is 8.07. The van der Waals surface area contributed by atoms with E-state index in [4.69, 9.17) is 5.11 Å². The number of likely N-dealkylation sites (N-methyl/N-ethyl adjacent to an activating group) is 1. The van der Waals surface area contributed by atoms with Crippen molar-refractivity contribution >= 4 is 11.8 Å². The van der Waals surface area contributed by atoms with Gasteiger partial charge in [-0.05, 0) is 30.0 Å². The number of benzene rings is 1. The van der Waals surface area contributed by atoms with Crippen LogP contribution < -0.4 is 5.32 Å². The summed E-state index contributed by atoms with van der Waals surface area (Å²) in [6.07, 6.45) is 0.236. The van der Waals surface area contributed by atoms with Crippen LogP contribution in [0.5, 0.6) is 0 Å². The molecule has 0 bridgehead atoms. The Labute approximate surface area is 138 Å². The highest BCUT2D eigenvalue weighted by molar-refractivity contribution is 5.94. The van der Waals surface area contributed by atoms with Crippen molar-refractivity contribution in [1.29, 1.82) is 0 Å². The van der Waals surface area contributed by atoms with E-state index in [-0.39, 0.29) is 30.3 Å². The Kier molecular flexibility index (Phi) is 7.23. The van der Waals surface area contributed by atoms with Gasteiger partial charge in [0.1, 0.15) is 0 Å². The molecule has 5 nitrogen and oxygen atoms in total. The SMILES string of the molecule is CCN(CCO)C(=O)CCNC(=O)c1ccc(C(C)(C)C)cc1. The molecule has 0 heterocycles. The summed E-state index contributed by atoms with van der Waals surface area (Å²) in [4.78, 5) is 25.6. The molecule has 0 spiro atoms. The van der Waals surface area contributed by atoms with Crippen LogP contribution in [-0.2, 0) is 10.2 Å². The number of rotatable bonds is 7. The maximum Gasteiger partial charge on any atom is 0.251 e. The van der Waals surface area contributed by atoms with Gasteiger partial charge >= 0.3 is 0 Å². The van der Waals surface area contributed by atoms with Crippen molar-refractivity contribution < 1.29 is 14.7 Å². The molecule has 0 radical (unpaired) electrons. The monoisotopic (exact) mass is 320 g/mol. The van der Waals surface area contributed by atoms with Crippen molar-refractivity contribution in [2.24, 2.45) is 0 Å². The number of aliphatic hydroxyl groups excluding tert-OH is 1. The van der Waals surface area contributed by atoms with E-state index in [0.717, 1.165) is 0 Å². The zero-order chi connectivity index (χ0) is 17.5. The summed E-state index contributed by atoms with van der Waals surface area (Å²) in [5.41, 5.74) is 1.82. The second-order valence-electron chi connectivity index (χ2n) is 6.53. The van der Waals surface area contributed by atoms with Gasteiger partial charge in [0.05, 0.1) is 6.61 Å². The fourth-order valence-corrected chi connectivity index (χ4v) is 2.24. The van der Waals surface area contributed by atoms with Crippen molar-refractivity contribution in [3.8, 4) is 0 Å². The topological polar surface area (TPSA) is 69.6 Å². The van der Waals surface area contributed by atoms with E-state index in [1.165, 1.54) is 5.56 Å². The van der Waals surface area contributed by atoms with E-state index in [1.54, 1.807) is 4.90 Å². The van der Waals surface area contributed by atoms with E-state index in [9.17, 15) is 9.59 Å². The lowest BCUT2D eigenvalue weighted by atomic mass is 9.87. The van der Waals surface area contributed by atoms with Crippen molar-refractivity contribution in [2.45, 2.75) is 39.5 Å². The summed E-state index contributed by atoms with van der Waals surface area (Å²) in [6, 6.07) is 7.53. The largest absolute Gasteiger partial charge is 0.395 e. The number of hydrogen-bond acceptors (Lipinski definition) is 3. The standard InChI is InChI=1S/C18H28N2O3/c1-5-20(12-13-21)16(22)10-11-19-17(23)14-6-8-15(9-7-14)18(2,3)4/h6-9,21H,5,10-13H2,1-4H3,(H,19,23). The molecule has 0 fully saturated rings. The van der Waals surface area contributed by atoms with Crippen LogP contribution in [0.1, 0.15) is 50.0 Å². The second kappa shape index (κ2) is 8.67. The highest BCUT2D eigenvalue weighted by atomic mass is 16.3. The molecular formula is C18H28N2O3. The second-order valence-corrected chi connectivity index (χ2v) is 6.53. The number of nitrogens with zero attached hydrogens (tertiary/aromatic N) is 1. The van der Waals surface area contributed by atoms with E-state index in [2.05, 4.69) is 26.1 Å². The lowest BCUT2D eigenvalue weighted by molar-refractivity contribution is -0.131. The van der Waals surface area contributed by atoms with Gasteiger partial charge in [-0.25, -0.2) is 0 Å². The molecule has 5 heteroatoms. The molecule has 1 aromatic carbocycles. The van der Waals surface area contributed by atoms with E-state index >= 15 is 0 Å². The fourth-order valence-electron chi connectivity index (χ4n) is 2.24. The van der Waals surface area contributed by atoms with Crippen LogP contribution in [-0.4, -0.2) is 48.1 Å². The third-order valence-electron chi connectivity index (χ3n) is 3.74. The number of nitrogens with one attached hydrogen (secondary N) is 1. The van der Waals surface area contributed by atoms with E-state index in [0.29, 0.717) is 25.2 Å². The average Bonchev–Trinajstić information content (AvgIpc) is 2.51. The molecule has 0 saturated heterocycles. The van der Waals surface area contributed by atoms with Crippen LogP contribution in [0.3, 0.4) is 0 Å². The number of carbonyl (C=O) groups excluding carboxylic acids is 2. The van der Waals surface area contributed by atoms with Crippen molar-refractivity contribution in [2.75, 3.05) is 26.2 Å². The smallest absolute Gasteiger partial charge is 0.251 e. The Balaban J connectivity index is 2.49. The molecule has 0 atom stereocenters. The average molecular weight is 320 g/mol. The molecule has 0 saturated carbocycles. The van der Waals surface area contributed by atoms with Crippen LogP contribution in [0.2, 0.25) is 0 Å². The minimum absolute atomic E-state index is 0.0495. The first-order valence-electron chi connectivity index (χ1n) is 8.07. The predicted octanol–water partition coefficient (Wildman–Crippen LogP) is 1.94. The molecule has 1 aromatic rings. The molecule has 2 amide bonds. The van der Waals surface area contributed by atoms with Crippen LogP contribution >= 0.6 is 0 Å². The number of amides is 2. The van der Waals surface area contributed by atoms with Crippen LogP contribution in [0.15, 0.2) is 24.3 Å². The summed E-state index contributed by atoms with van der Waals surface area (Å²) < 4.78 is 0. The molecule has 0 aliphatic heterocycles. The van der Waals surface area contributed by atoms with Gasteiger partial charge in [0.2, 0.25) is 5.91 Å². The first kappa shape index (κ1) is 19.2. The van der Waals surface area contributed by atoms with Gasteiger partial charge in [0, 0.05) is 31.6 Å². The van der Waals surface area contributed by atoms with Crippen molar-refractivity contribution in [3.63, 3.8) is 0 Å². The molecule has 1 rings (SSSR count). The normalized spacial score (nSPS) is 11.2. The Morgan fingerprint density at radius 3 is 2.26 bits per heavy atom. The maximum absolute atomic E-state index is 12.1. The summed E-state index contributed by atoms with van der Waals surface area (Å²) >= 11 is 0. The van der Waals surface area contributed by atoms with Crippen LogP contribution in [0.4, 0.5) is 0 Å². The Morgan fingerprint density at radius 1 is 1.17 bits per heavy atom. The molecule has 0 aromatic heterocycles. The lowest BCUT2D eigenvalue weighted by Crippen LogP contribution is -2.36. The first-order chi connectivity index (χ1) is 10.8. The summed E-state index contributed by atoms with van der Waals surface area (Å²) in [5.74, 6) is -0.242. The van der Waals surface area contributed by atoms with Gasteiger partial charge in [-0.2, -0.15) is 0 Å². The van der Waals surface area contributed by atoms with Gasteiger partial charge in [-0.1, -0.05) is 32.9 Å². The lowest BCUT2D eigenvalue weighted by Gasteiger charge is -2.20. The summed E-state index contributed by atoms with van der Waals surface area (Å²) in [5, 5.41) is 11.7. The fraction of sp³-hybridized carbons (Fsp3) is 0.556. The molecule has 0 unspecified atom stereocenters. The van der Waals surface area contributed by atoms with Gasteiger partial charge in [0.15, 0.2) is 0 Å². The van der Waals surface area contributed by atoms with Gasteiger partial charge in [-0.3, -0.25) is 9.59 Å². The quantitative estimate of drug-likeness (QED) is 0.807. The van der Waals surface area contributed by atoms with Crippen molar-refractivity contribution in [1.82, 2.24) is 10.2 Å². The molecule has 23 heavy (non-hydrogen) atoms. The third kappa shape index (κ3) is 6.02. The third-order valence-corrected chi connectivity index (χ3v) is 3.74. The van der Waals surface area contributed by atoms with Crippen molar-refractivity contribution in [3.05, 3.63) is 35.4 Å². The van der Waals surface area contributed by atoms with Gasteiger partial charge < -0.3 is 15.3 Å². The highest BCUT2D eigenvalue weighted by Crippen LogP contribution is 2.22. The van der Waals surface area contributed by atoms with E-state index in [1.807, 2.05) is 31.2 Å². The number of aliphatic hydroxyl groups is 1. The summed E-state index contributed by atoms with van der Waals surface area (Å²) in [6.45, 7) is 9.37. The zero-order valence-corrected chi connectivity index (χ0v) is 14.6. The number of carbonyl (C=O) groups is 2. The van der Waals surface area contributed by atoms with E-state index < -0.39 is 0 Å². The Bertz CT molecular complexity index is 518. The minimum atomic E-state index is -0.177. The zero-order valence-electron chi connectivity index (χ0n) is 14.6. The Morgan fingerprint density at radius 2 is 1.78 bits per heavy atom. The maximum atomic E-state index is 12.1. The molecule has 0 aliphatic rings. The van der Waals surface area contributed by atoms with Crippen LogP contribution in [0.25, 0.3) is 0 Å². The molecule has 0 aliphatic carbocycles. The molecular weight excluding hydrogens is 292 g/mol.